The van der Waals surface area contributed by atoms with Crippen LogP contribution < -0.4 is 14.5 Å². The molecule has 2 aromatic rings. The number of ether oxygens (including phenoxy) is 1. The molecule has 2 aromatic carbocycles. The summed E-state index contributed by atoms with van der Waals surface area (Å²) in [7, 11) is 0. The zero-order valence-corrected chi connectivity index (χ0v) is 20.1. The molecule has 2 saturated heterocycles. The van der Waals surface area contributed by atoms with Gasteiger partial charge >= 0.3 is 5.97 Å². The van der Waals surface area contributed by atoms with Crippen molar-refractivity contribution >= 4 is 35.1 Å². The highest BCUT2D eigenvalue weighted by atomic mass is 16.5. The number of amides is 3. The SMILES string of the molecule is Cc1ccc(N2C[C@H](C(=O)Oc3cccc(N4C(=O)[C@H]5[C@@H](C)C=CC[C@H]5C4=O)c3)CC2=O)c(C)c1. The first-order chi connectivity index (χ1) is 16.7. The van der Waals surface area contributed by atoms with Gasteiger partial charge in [-0.05, 0) is 49.9 Å². The number of aryl methyl sites for hydroxylation is 2. The number of allylic oxidation sites excluding steroid dienone is 2. The van der Waals surface area contributed by atoms with E-state index in [9.17, 15) is 19.2 Å². The Labute approximate surface area is 204 Å². The van der Waals surface area contributed by atoms with Crippen molar-refractivity contribution in [1.82, 2.24) is 0 Å². The van der Waals surface area contributed by atoms with Crippen molar-refractivity contribution in [3.63, 3.8) is 0 Å². The summed E-state index contributed by atoms with van der Waals surface area (Å²) in [5.74, 6) is -2.14. The number of carbonyl (C=O) groups is 4. The molecular weight excluding hydrogens is 444 g/mol. The largest absolute Gasteiger partial charge is 0.426 e. The van der Waals surface area contributed by atoms with Crippen LogP contribution in [0.1, 0.15) is 30.9 Å². The minimum absolute atomic E-state index is 0.00349. The van der Waals surface area contributed by atoms with Gasteiger partial charge in [0, 0.05) is 24.7 Å². The van der Waals surface area contributed by atoms with Crippen LogP contribution in [0.15, 0.2) is 54.6 Å². The zero-order chi connectivity index (χ0) is 24.9. The van der Waals surface area contributed by atoms with Crippen LogP contribution in [-0.2, 0) is 19.2 Å². The van der Waals surface area contributed by atoms with Crippen LogP contribution in [0.5, 0.6) is 5.75 Å². The molecule has 5 rings (SSSR count). The van der Waals surface area contributed by atoms with Gasteiger partial charge in [-0.3, -0.25) is 19.2 Å². The lowest BCUT2D eigenvalue weighted by Gasteiger charge is -2.22. The molecule has 0 spiro atoms. The molecule has 1 aliphatic carbocycles. The summed E-state index contributed by atoms with van der Waals surface area (Å²) >= 11 is 0. The van der Waals surface area contributed by atoms with E-state index in [1.807, 2.05) is 51.1 Å². The highest BCUT2D eigenvalue weighted by Gasteiger charge is 2.50. The number of carbonyl (C=O) groups excluding carboxylic acids is 4. The predicted octanol–water partition coefficient (Wildman–Crippen LogP) is 3.96. The first-order valence-corrected chi connectivity index (χ1v) is 12.0. The first kappa shape index (κ1) is 23.0. The third-order valence-electron chi connectivity index (χ3n) is 7.27. The standard InChI is InChI=1S/C28H28N2O5/c1-16-10-11-23(18(3)12-16)29-15-19(13-24(29)31)28(34)35-21-8-5-7-20(14-21)30-26(32)22-9-4-6-17(2)25(22)27(30)33/h4-8,10-12,14,17,19,22,25H,9,13,15H2,1-3H3/t17-,19+,22+,25-/m0/s1. The highest BCUT2D eigenvalue weighted by molar-refractivity contribution is 6.22. The molecule has 35 heavy (non-hydrogen) atoms. The maximum Gasteiger partial charge on any atom is 0.316 e. The number of esters is 1. The van der Waals surface area contributed by atoms with E-state index in [0.717, 1.165) is 16.8 Å². The van der Waals surface area contributed by atoms with E-state index in [-0.39, 0.29) is 54.2 Å². The van der Waals surface area contributed by atoms with Crippen LogP contribution in [0.2, 0.25) is 0 Å². The molecule has 0 saturated carbocycles. The van der Waals surface area contributed by atoms with E-state index in [2.05, 4.69) is 0 Å². The van der Waals surface area contributed by atoms with E-state index < -0.39 is 11.9 Å². The van der Waals surface area contributed by atoms with Crippen molar-refractivity contribution in [3.05, 3.63) is 65.7 Å². The number of hydrogen-bond donors (Lipinski definition) is 0. The summed E-state index contributed by atoms with van der Waals surface area (Å²) in [6.07, 6.45) is 4.57. The van der Waals surface area contributed by atoms with Crippen molar-refractivity contribution in [2.45, 2.75) is 33.6 Å². The van der Waals surface area contributed by atoms with Gasteiger partial charge < -0.3 is 9.64 Å². The monoisotopic (exact) mass is 472 g/mol. The van der Waals surface area contributed by atoms with E-state index in [1.165, 1.54) is 4.90 Å². The van der Waals surface area contributed by atoms with Crippen molar-refractivity contribution < 1.29 is 23.9 Å². The van der Waals surface area contributed by atoms with E-state index in [1.54, 1.807) is 29.2 Å². The molecule has 2 heterocycles. The molecule has 7 nitrogen and oxygen atoms in total. The second-order valence-electron chi connectivity index (χ2n) is 9.78. The van der Waals surface area contributed by atoms with Crippen molar-refractivity contribution in [1.29, 1.82) is 0 Å². The molecule has 4 atom stereocenters. The lowest BCUT2D eigenvalue weighted by Crippen LogP contribution is -2.31. The summed E-state index contributed by atoms with van der Waals surface area (Å²) in [6, 6.07) is 12.3. The minimum Gasteiger partial charge on any atom is -0.426 e. The summed E-state index contributed by atoms with van der Waals surface area (Å²) in [4.78, 5) is 54.5. The van der Waals surface area contributed by atoms with Gasteiger partial charge in [0.25, 0.3) is 0 Å². The van der Waals surface area contributed by atoms with Gasteiger partial charge in [-0.1, -0.05) is 42.8 Å². The van der Waals surface area contributed by atoms with Crippen LogP contribution in [-0.4, -0.2) is 30.2 Å². The lowest BCUT2D eigenvalue weighted by atomic mass is 9.78. The molecule has 2 aliphatic heterocycles. The van der Waals surface area contributed by atoms with E-state index >= 15 is 0 Å². The average molecular weight is 473 g/mol. The normalized spacial score (nSPS) is 25.9. The van der Waals surface area contributed by atoms with Crippen LogP contribution in [0.4, 0.5) is 11.4 Å². The molecule has 3 aliphatic rings. The molecule has 0 N–H and O–H groups in total. The fraction of sp³-hybridized carbons (Fsp3) is 0.357. The molecule has 7 heteroatoms. The van der Waals surface area contributed by atoms with Gasteiger partial charge in [-0.2, -0.15) is 0 Å². The molecule has 0 aromatic heterocycles. The third kappa shape index (κ3) is 4.05. The number of fused-ring (bicyclic) bond motifs is 1. The molecule has 0 unspecified atom stereocenters. The summed E-state index contributed by atoms with van der Waals surface area (Å²) in [5.41, 5.74) is 3.28. The van der Waals surface area contributed by atoms with E-state index in [0.29, 0.717) is 12.1 Å². The maximum absolute atomic E-state index is 13.1. The Morgan fingerprint density at radius 2 is 1.83 bits per heavy atom. The summed E-state index contributed by atoms with van der Waals surface area (Å²) in [5, 5.41) is 0. The number of rotatable bonds is 4. The van der Waals surface area contributed by atoms with Crippen LogP contribution in [0.25, 0.3) is 0 Å². The Bertz CT molecular complexity index is 1270. The van der Waals surface area contributed by atoms with Gasteiger partial charge in [0.15, 0.2) is 0 Å². The Morgan fingerprint density at radius 3 is 2.57 bits per heavy atom. The zero-order valence-electron chi connectivity index (χ0n) is 20.1. The van der Waals surface area contributed by atoms with Crippen LogP contribution in [0.3, 0.4) is 0 Å². The predicted molar refractivity (Wildman–Crippen MR) is 131 cm³/mol. The van der Waals surface area contributed by atoms with Gasteiger partial charge in [-0.15, -0.1) is 0 Å². The van der Waals surface area contributed by atoms with Crippen molar-refractivity contribution in [2.75, 3.05) is 16.3 Å². The average Bonchev–Trinajstić information content (AvgIpc) is 3.32. The van der Waals surface area contributed by atoms with Gasteiger partial charge in [0.1, 0.15) is 5.75 Å². The van der Waals surface area contributed by atoms with E-state index in [4.69, 9.17) is 4.74 Å². The number of benzene rings is 2. The Kier molecular flexibility index (Phi) is 5.79. The minimum atomic E-state index is -0.600. The summed E-state index contributed by atoms with van der Waals surface area (Å²) in [6.45, 7) is 6.13. The number of imide groups is 1. The molecular formula is C28H28N2O5. The Morgan fingerprint density at radius 1 is 1.03 bits per heavy atom. The summed E-state index contributed by atoms with van der Waals surface area (Å²) < 4.78 is 5.61. The second kappa shape index (κ2) is 8.80. The fourth-order valence-electron chi connectivity index (χ4n) is 5.49. The number of hydrogen-bond acceptors (Lipinski definition) is 5. The molecule has 180 valence electrons. The molecule has 3 amide bonds. The quantitative estimate of drug-likeness (QED) is 0.291. The van der Waals surface area contributed by atoms with Gasteiger partial charge in [0.05, 0.1) is 23.4 Å². The molecule has 2 fully saturated rings. The second-order valence-corrected chi connectivity index (χ2v) is 9.78. The molecule has 0 radical (unpaired) electrons. The van der Waals surface area contributed by atoms with Gasteiger partial charge in [-0.25, -0.2) is 4.90 Å². The van der Waals surface area contributed by atoms with Crippen molar-refractivity contribution in [2.24, 2.45) is 23.7 Å². The first-order valence-electron chi connectivity index (χ1n) is 12.0. The van der Waals surface area contributed by atoms with Crippen molar-refractivity contribution in [3.8, 4) is 5.75 Å². The van der Waals surface area contributed by atoms with Crippen LogP contribution in [0, 0.1) is 37.5 Å². The third-order valence-corrected chi connectivity index (χ3v) is 7.27. The Hall–Kier alpha value is -3.74. The lowest BCUT2D eigenvalue weighted by molar-refractivity contribution is -0.139. The Balaban J connectivity index is 1.30. The topological polar surface area (TPSA) is 84.0 Å². The maximum atomic E-state index is 13.1. The highest BCUT2D eigenvalue weighted by Crippen LogP contribution is 2.41. The number of nitrogens with zero attached hydrogens (tertiary/aromatic N) is 2. The van der Waals surface area contributed by atoms with Crippen LogP contribution >= 0.6 is 0 Å². The fourth-order valence-corrected chi connectivity index (χ4v) is 5.49. The van der Waals surface area contributed by atoms with Gasteiger partial charge in [0.2, 0.25) is 17.7 Å². The smallest absolute Gasteiger partial charge is 0.316 e. The number of anilines is 2. The molecule has 0 bridgehead atoms.